The summed E-state index contributed by atoms with van der Waals surface area (Å²) in [6.07, 6.45) is 1.80. The Morgan fingerprint density at radius 1 is 0.967 bits per heavy atom. The normalized spacial score (nSPS) is 14.5. The van der Waals surface area contributed by atoms with Crippen molar-refractivity contribution in [2.75, 3.05) is 41.7 Å². The summed E-state index contributed by atoms with van der Waals surface area (Å²) in [5, 5.41) is 5.08. The van der Waals surface area contributed by atoms with E-state index in [1.807, 2.05) is 24.3 Å². The van der Waals surface area contributed by atoms with Crippen LogP contribution in [0, 0.1) is 5.82 Å². The number of piperazine rings is 1. The second-order valence-electron chi connectivity index (χ2n) is 7.25. The maximum atomic E-state index is 13.9. The van der Waals surface area contributed by atoms with E-state index >= 15 is 0 Å². The number of aryl methyl sites for hydroxylation is 1. The van der Waals surface area contributed by atoms with Crippen molar-refractivity contribution in [3.8, 4) is 11.3 Å². The van der Waals surface area contributed by atoms with Gasteiger partial charge in [-0.05, 0) is 24.3 Å². The second-order valence-corrected chi connectivity index (χ2v) is 7.25. The van der Waals surface area contributed by atoms with E-state index in [-0.39, 0.29) is 5.82 Å². The van der Waals surface area contributed by atoms with Crippen LogP contribution >= 0.6 is 0 Å². The average Bonchev–Trinajstić information content (AvgIpc) is 3.07. The molecule has 2 N–H and O–H groups in total. The highest BCUT2D eigenvalue weighted by Crippen LogP contribution is 2.32. The van der Waals surface area contributed by atoms with Crippen LogP contribution in [0.2, 0.25) is 0 Å². The molecule has 9 heteroatoms. The molecule has 1 aliphatic heterocycles. The second kappa shape index (κ2) is 7.25. The molecule has 1 aliphatic rings. The highest BCUT2D eigenvalue weighted by atomic mass is 19.1. The molecule has 1 aromatic carbocycles. The topological polar surface area (TPSA) is 89.0 Å². The third-order valence-corrected chi connectivity index (χ3v) is 5.36. The van der Waals surface area contributed by atoms with Crippen LogP contribution in [-0.2, 0) is 7.05 Å². The van der Waals surface area contributed by atoms with Gasteiger partial charge in [0.05, 0.1) is 11.1 Å². The SMILES string of the molecule is Cn1nc2nc(N3CCN(c4ccccn4)CC3)nc(-c3cccc(F)c3)c2c1N. The molecule has 1 saturated heterocycles. The van der Waals surface area contributed by atoms with Gasteiger partial charge in [0, 0.05) is 45.0 Å². The van der Waals surface area contributed by atoms with Crippen LogP contribution in [0.1, 0.15) is 0 Å². The maximum absolute atomic E-state index is 13.9. The molecule has 0 aliphatic carbocycles. The largest absolute Gasteiger partial charge is 0.383 e. The fourth-order valence-corrected chi connectivity index (χ4v) is 3.77. The molecule has 3 aromatic heterocycles. The van der Waals surface area contributed by atoms with Gasteiger partial charge in [-0.1, -0.05) is 18.2 Å². The van der Waals surface area contributed by atoms with E-state index in [1.54, 1.807) is 24.0 Å². The monoisotopic (exact) mass is 404 g/mol. The average molecular weight is 404 g/mol. The van der Waals surface area contributed by atoms with Crippen LogP contribution in [0.3, 0.4) is 0 Å². The number of rotatable bonds is 3. The van der Waals surface area contributed by atoms with Gasteiger partial charge >= 0.3 is 0 Å². The Balaban J connectivity index is 1.51. The quantitative estimate of drug-likeness (QED) is 0.561. The zero-order chi connectivity index (χ0) is 20.7. The van der Waals surface area contributed by atoms with Crippen molar-refractivity contribution in [3.05, 3.63) is 54.5 Å². The van der Waals surface area contributed by atoms with Gasteiger partial charge in [-0.25, -0.2) is 14.4 Å². The lowest BCUT2D eigenvalue weighted by atomic mass is 10.1. The summed E-state index contributed by atoms with van der Waals surface area (Å²) in [4.78, 5) is 18.2. The summed E-state index contributed by atoms with van der Waals surface area (Å²) in [6.45, 7) is 3.09. The number of anilines is 3. The summed E-state index contributed by atoms with van der Waals surface area (Å²) in [5.41, 5.74) is 7.97. The van der Waals surface area contributed by atoms with Crippen LogP contribution in [0.5, 0.6) is 0 Å². The highest BCUT2D eigenvalue weighted by molar-refractivity contribution is 5.98. The Bertz CT molecular complexity index is 1200. The number of nitrogen functional groups attached to an aromatic ring is 1. The van der Waals surface area contributed by atoms with E-state index in [9.17, 15) is 4.39 Å². The first kappa shape index (κ1) is 18.3. The van der Waals surface area contributed by atoms with Crippen LogP contribution in [-0.4, -0.2) is 50.9 Å². The number of nitrogens with zero attached hydrogens (tertiary/aromatic N) is 7. The zero-order valence-corrected chi connectivity index (χ0v) is 16.5. The van der Waals surface area contributed by atoms with Gasteiger partial charge in [-0.3, -0.25) is 4.68 Å². The first-order chi connectivity index (χ1) is 14.6. The highest BCUT2D eigenvalue weighted by Gasteiger charge is 2.23. The van der Waals surface area contributed by atoms with Crippen LogP contribution in [0.15, 0.2) is 48.7 Å². The van der Waals surface area contributed by atoms with E-state index in [1.165, 1.54) is 12.1 Å². The molecule has 5 rings (SSSR count). The van der Waals surface area contributed by atoms with Gasteiger partial charge in [0.15, 0.2) is 5.65 Å². The number of nitrogens with two attached hydrogens (primary N) is 1. The number of fused-ring (bicyclic) bond motifs is 1. The minimum absolute atomic E-state index is 0.327. The fourth-order valence-electron chi connectivity index (χ4n) is 3.77. The van der Waals surface area contributed by atoms with Crippen molar-refractivity contribution in [3.63, 3.8) is 0 Å². The van der Waals surface area contributed by atoms with Gasteiger partial charge in [-0.2, -0.15) is 10.1 Å². The molecule has 1 fully saturated rings. The molecule has 152 valence electrons. The molecule has 8 nitrogen and oxygen atoms in total. The lowest BCUT2D eigenvalue weighted by molar-refractivity contribution is 0.628. The minimum atomic E-state index is -0.327. The number of hydrogen-bond acceptors (Lipinski definition) is 7. The number of benzene rings is 1. The van der Waals surface area contributed by atoms with Crippen molar-refractivity contribution >= 4 is 28.6 Å². The summed E-state index contributed by atoms with van der Waals surface area (Å²) in [7, 11) is 1.76. The zero-order valence-electron chi connectivity index (χ0n) is 16.5. The molecule has 0 radical (unpaired) electrons. The Kier molecular flexibility index (Phi) is 4.42. The Hall–Kier alpha value is -3.75. The predicted molar refractivity (Wildman–Crippen MR) is 115 cm³/mol. The van der Waals surface area contributed by atoms with Gasteiger partial charge in [0.25, 0.3) is 0 Å². The van der Waals surface area contributed by atoms with E-state index in [4.69, 9.17) is 10.7 Å². The molecule has 4 aromatic rings. The fraction of sp³-hybridized carbons (Fsp3) is 0.238. The van der Waals surface area contributed by atoms with E-state index in [0.29, 0.717) is 34.1 Å². The minimum Gasteiger partial charge on any atom is -0.383 e. The first-order valence-corrected chi connectivity index (χ1v) is 9.77. The van der Waals surface area contributed by atoms with E-state index in [2.05, 4.69) is 24.9 Å². The molecule has 0 spiro atoms. The lowest BCUT2D eigenvalue weighted by Gasteiger charge is -2.35. The molecular formula is C21H21FN8. The summed E-state index contributed by atoms with van der Waals surface area (Å²) in [6, 6.07) is 12.3. The van der Waals surface area contributed by atoms with Gasteiger partial charge < -0.3 is 15.5 Å². The maximum Gasteiger partial charge on any atom is 0.228 e. The number of pyridine rings is 1. The number of aromatic nitrogens is 5. The summed E-state index contributed by atoms with van der Waals surface area (Å²) in [5.74, 6) is 1.66. The first-order valence-electron chi connectivity index (χ1n) is 9.77. The molecule has 30 heavy (non-hydrogen) atoms. The third-order valence-electron chi connectivity index (χ3n) is 5.36. The van der Waals surface area contributed by atoms with Crippen LogP contribution < -0.4 is 15.5 Å². The van der Waals surface area contributed by atoms with Crippen molar-refractivity contribution in [1.29, 1.82) is 0 Å². The van der Waals surface area contributed by atoms with Crippen molar-refractivity contribution in [2.45, 2.75) is 0 Å². The molecule has 0 amide bonds. The molecule has 0 atom stereocenters. The number of halogens is 1. The summed E-state index contributed by atoms with van der Waals surface area (Å²) >= 11 is 0. The Morgan fingerprint density at radius 3 is 2.50 bits per heavy atom. The van der Waals surface area contributed by atoms with Crippen molar-refractivity contribution in [2.24, 2.45) is 7.05 Å². The van der Waals surface area contributed by atoms with Gasteiger partial charge in [-0.15, -0.1) is 0 Å². The molecule has 0 saturated carbocycles. The van der Waals surface area contributed by atoms with Crippen LogP contribution in [0.4, 0.5) is 22.0 Å². The van der Waals surface area contributed by atoms with E-state index in [0.717, 1.165) is 32.0 Å². The van der Waals surface area contributed by atoms with Crippen molar-refractivity contribution in [1.82, 2.24) is 24.7 Å². The molecule has 0 bridgehead atoms. The Labute approximate surface area is 172 Å². The molecular weight excluding hydrogens is 383 g/mol. The smallest absolute Gasteiger partial charge is 0.228 e. The third kappa shape index (κ3) is 3.18. The Morgan fingerprint density at radius 2 is 1.77 bits per heavy atom. The molecule has 4 heterocycles. The van der Waals surface area contributed by atoms with Gasteiger partial charge in [0.2, 0.25) is 5.95 Å². The lowest BCUT2D eigenvalue weighted by Crippen LogP contribution is -2.47. The van der Waals surface area contributed by atoms with Crippen LogP contribution in [0.25, 0.3) is 22.3 Å². The van der Waals surface area contributed by atoms with Crippen molar-refractivity contribution < 1.29 is 4.39 Å². The van der Waals surface area contributed by atoms with Gasteiger partial charge in [0.1, 0.15) is 17.5 Å². The predicted octanol–water partition coefficient (Wildman–Crippen LogP) is 2.47. The number of hydrogen-bond donors (Lipinski definition) is 1. The molecule has 0 unspecified atom stereocenters. The summed E-state index contributed by atoms with van der Waals surface area (Å²) < 4.78 is 15.5. The standard InChI is InChI=1S/C21H21FN8/c1-28-19(23)17-18(14-5-4-6-15(22)13-14)25-21(26-20(17)27-28)30-11-9-29(10-12-30)16-7-2-3-8-24-16/h2-8,13H,9-12,23H2,1H3. The van der Waals surface area contributed by atoms with E-state index < -0.39 is 0 Å².